The van der Waals surface area contributed by atoms with Crippen molar-refractivity contribution in [2.45, 2.75) is 18.3 Å². The molecule has 0 aliphatic carbocycles. The smallest absolute Gasteiger partial charge is 0.143 e. The second-order valence-electron chi connectivity index (χ2n) is 4.08. The van der Waals surface area contributed by atoms with Crippen LogP contribution in [0.25, 0.3) is 0 Å². The maximum Gasteiger partial charge on any atom is 0.143 e. The van der Waals surface area contributed by atoms with Gasteiger partial charge in [-0.15, -0.1) is 10.2 Å². The van der Waals surface area contributed by atoms with E-state index in [1.54, 1.807) is 19.2 Å². The quantitative estimate of drug-likeness (QED) is 0.765. The molecule has 0 spiro atoms. The van der Waals surface area contributed by atoms with Crippen molar-refractivity contribution >= 4 is 15.9 Å². The van der Waals surface area contributed by atoms with E-state index in [4.69, 9.17) is 4.74 Å². The van der Waals surface area contributed by atoms with E-state index in [0.717, 1.165) is 11.6 Å². The average molecular weight is 328 g/mol. The number of hydrogen-bond donors (Lipinski definition) is 0. The Morgan fingerprint density at radius 1 is 1.26 bits per heavy atom. The molecule has 6 heteroatoms. The number of halogens is 2. The molecule has 0 unspecified atom stereocenters. The SMILES string of the molecule is COCCn1c(CBr)nnc1Cc1ccccc1F. The Balaban J connectivity index is 2.24. The van der Waals surface area contributed by atoms with E-state index in [9.17, 15) is 4.39 Å². The highest BCUT2D eigenvalue weighted by atomic mass is 79.9. The number of alkyl halides is 1. The molecule has 19 heavy (non-hydrogen) atoms. The highest BCUT2D eigenvalue weighted by Crippen LogP contribution is 2.14. The lowest BCUT2D eigenvalue weighted by Crippen LogP contribution is -2.11. The Bertz CT molecular complexity index is 544. The number of benzene rings is 1. The second-order valence-corrected chi connectivity index (χ2v) is 4.64. The number of ether oxygens (including phenoxy) is 1. The molecule has 0 aliphatic rings. The van der Waals surface area contributed by atoms with Gasteiger partial charge in [0.25, 0.3) is 0 Å². The van der Waals surface area contributed by atoms with Crippen molar-refractivity contribution in [1.82, 2.24) is 14.8 Å². The highest BCUT2D eigenvalue weighted by molar-refractivity contribution is 9.08. The second kappa shape index (κ2) is 6.77. The van der Waals surface area contributed by atoms with Gasteiger partial charge in [0.15, 0.2) is 0 Å². The summed E-state index contributed by atoms with van der Waals surface area (Å²) in [7, 11) is 1.65. The van der Waals surface area contributed by atoms with Crippen molar-refractivity contribution in [2.75, 3.05) is 13.7 Å². The van der Waals surface area contributed by atoms with Crippen LogP contribution in [0.1, 0.15) is 17.2 Å². The van der Waals surface area contributed by atoms with Gasteiger partial charge in [0.05, 0.1) is 11.9 Å². The van der Waals surface area contributed by atoms with Crippen molar-refractivity contribution in [3.8, 4) is 0 Å². The Morgan fingerprint density at radius 2 is 2.00 bits per heavy atom. The summed E-state index contributed by atoms with van der Waals surface area (Å²) in [6.07, 6.45) is 0.427. The molecule has 1 aromatic carbocycles. The normalized spacial score (nSPS) is 10.9. The molecular formula is C13H15BrFN3O. The molecule has 0 radical (unpaired) electrons. The van der Waals surface area contributed by atoms with Gasteiger partial charge in [0.1, 0.15) is 17.5 Å². The minimum atomic E-state index is -0.218. The molecule has 0 fully saturated rings. The van der Waals surface area contributed by atoms with Crippen LogP contribution in [0.3, 0.4) is 0 Å². The number of rotatable bonds is 6. The largest absolute Gasteiger partial charge is 0.383 e. The molecule has 0 saturated heterocycles. The fourth-order valence-electron chi connectivity index (χ4n) is 1.85. The molecule has 0 N–H and O–H groups in total. The standard InChI is InChI=1S/C13H15BrFN3O/c1-19-7-6-18-12(16-17-13(18)9-14)8-10-4-2-3-5-11(10)15/h2-5H,6-9H2,1H3. The van der Waals surface area contributed by atoms with E-state index < -0.39 is 0 Å². The zero-order chi connectivity index (χ0) is 13.7. The summed E-state index contributed by atoms with van der Waals surface area (Å²) >= 11 is 3.38. The zero-order valence-electron chi connectivity index (χ0n) is 10.6. The van der Waals surface area contributed by atoms with Crippen LogP contribution in [-0.2, 0) is 23.0 Å². The molecule has 0 saturated carbocycles. The van der Waals surface area contributed by atoms with E-state index in [-0.39, 0.29) is 5.82 Å². The average Bonchev–Trinajstić information content (AvgIpc) is 2.81. The fourth-order valence-corrected chi connectivity index (χ4v) is 2.27. The molecule has 0 aliphatic heterocycles. The van der Waals surface area contributed by atoms with Gasteiger partial charge in [0, 0.05) is 20.1 Å². The van der Waals surface area contributed by atoms with Crippen LogP contribution in [0.4, 0.5) is 4.39 Å². The number of nitrogens with zero attached hydrogens (tertiary/aromatic N) is 3. The lowest BCUT2D eigenvalue weighted by molar-refractivity contribution is 0.185. The van der Waals surface area contributed by atoms with Crippen LogP contribution in [0, 0.1) is 5.82 Å². The van der Waals surface area contributed by atoms with Crippen molar-refractivity contribution in [1.29, 1.82) is 0 Å². The summed E-state index contributed by atoms with van der Waals surface area (Å²) in [6.45, 7) is 1.23. The summed E-state index contributed by atoms with van der Waals surface area (Å²) in [5.41, 5.74) is 0.620. The molecule has 0 bridgehead atoms. The van der Waals surface area contributed by atoms with Gasteiger partial charge in [-0.3, -0.25) is 0 Å². The number of aromatic nitrogens is 3. The van der Waals surface area contributed by atoms with Gasteiger partial charge in [-0.05, 0) is 11.6 Å². The zero-order valence-corrected chi connectivity index (χ0v) is 12.2. The molecule has 102 valence electrons. The van der Waals surface area contributed by atoms with Gasteiger partial charge in [0.2, 0.25) is 0 Å². The number of hydrogen-bond acceptors (Lipinski definition) is 3. The fraction of sp³-hybridized carbons (Fsp3) is 0.385. The van der Waals surface area contributed by atoms with Gasteiger partial charge in [-0.1, -0.05) is 34.1 Å². The predicted octanol–water partition coefficient (Wildman–Crippen LogP) is 2.55. The lowest BCUT2D eigenvalue weighted by atomic mass is 10.1. The van der Waals surface area contributed by atoms with Gasteiger partial charge < -0.3 is 9.30 Å². The first-order valence-electron chi connectivity index (χ1n) is 5.95. The van der Waals surface area contributed by atoms with Crippen molar-refractivity contribution < 1.29 is 9.13 Å². The van der Waals surface area contributed by atoms with Crippen molar-refractivity contribution in [2.24, 2.45) is 0 Å². The van der Waals surface area contributed by atoms with Gasteiger partial charge in [-0.25, -0.2) is 4.39 Å². The molecule has 0 atom stereocenters. The van der Waals surface area contributed by atoms with Crippen LogP contribution >= 0.6 is 15.9 Å². The third kappa shape index (κ3) is 3.39. The van der Waals surface area contributed by atoms with Crippen LogP contribution in [0.2, 0.25) is 0 Å². The molecule has 4 nitrogen and oxygen atoms in total. The molecule has 1 heterocycles. The predicted molar refractivity (Wildman–Crippen MR) is 73.7 cm³/mol. The maximum absolute atomic E-state index is 13.7. The summed E-state index contributed by atoms with van der Waals surface area (Å²) in [5, 5.41) is 8.85. The van der Waals surface area contributed by atoms with E-state index in [0.29, 0.717) is 30.5 Å². The first-order chi connectivity index (χ1) is 9.26. The number of methoxy groups -OCH3 is 1. The third-order valence-corrected chi connectivity index (χ3v) is 3.35. The monoisotopic (exact) mass is 327 g/mol. The minimum absolute atomic E-state index is 0.218. The molecule has 2 aromatic rings. The van der Waals surface area contributed by atoms with Crippen molar-refractivity contribution in [3.05, 3.63) is 47.3 Å². The summed E-state index contributed by atoms with van der Waals surface area (Å²) < 4.78 is 20.7. The molecule has 1 aromatic heterocycles. The van der Waals surface area contributed by atoms with E-state index in [1.165, 1.54) is 6.07 Å². The minimum Gasteiger partial charge on any atom is -0.383 e. The Hall–Kier alpha value is -1.27. The molecular weight excluding hydrogens is 313 g/mol. The van der Waals surface area contributed by atoms with Crippen molar-refractivity contribution in [3.63, 3.8) is 0 Å². The van der Waals surface area contributed by atoms with Gasteiger partial charge in [-0.2, -0.15) is 0 Å². The third-order valence-electron chi connectivity index (χ3n) is 2.85. The topological polar surface area (TPSA) is 39.9 Å². The molecule has 2 rings (SSSR count). The summed E-state index contributed by atoms with van der Waals surface area (Å²) in [4.78, 5) is 0. The highest BCUT2D eigenvalue weighted by Gasteiger charge is 2.13. The van der Waals surface area contributed by atoms with Crippen LogP contribution < -0.4 is 0 Å². The van der Waals surface area contributed by atoms with Crippen LogP contribution in [0.5, 0.6) is 0 Å². The van der Waals surface area contributed by atoms with Gasteiger partial charge >= 0.3 is 0 Å². The first-order valence-corrected chi connectivity index (χ1v) is 7.07. The summed E-state index contributed by atoms with van der Waals surface area (Å²) in [6, 6.07) is 6.72. The maximum atomic E-state index is 13.7. The Labute approximate surface area is 119 Å². The lowest BCUT2D eigenvalue weighted by Gasteiger charge is -2.09. The Kier molecular flexibility index (Phi) is 5.04. The Morgan fingerprint density at radius 3 is 2.68 bits per heavy atom. The van der Waals surface area contributed by atoms with Crippen LogP contribution in [0.15, 0.2) is 24.3 Å². The molecule has 0 amide bonds. The van der Waals surface area contributed by atoms with E-state index in [1.807, 2.05) is 10.6 Å². The summed E-state index contributed by atoms with van der Waals surface area (Å²) in [5.74, 6) is 1.35. The van der Waals surface area contributed by atoms with E-state index in [2.05, 4.69) is 26.1 Å². The first kappa shape index (κ1) is 14.1. The van der Waals surface area contributed by atoms with Crippen LogP contribution in [-0.4, -0.2) is 28.5 Å². The van der Waals surface area contributed by atoms with E-state index >= 15 is 0 Å².